The summed E-state index contributed by atoms with van der Waals surface area (Å²) in [6.45, 7) is 3.87. The number of nitrogens with zero attached hydrogens (tertiary/aromatic N) is 4. The second kappa shape index (κ2) is 6.20. The number of aryl methyl sites for hydroxylation is 1. The Bertz CT molecular complexity index is 703. The molecule has 0 bridgehead atoms. The van der Waals surface area contributed by atoms with Gasteiger partial charge in [0.05, 0.1) is 16.9 Å². The molecule has 0 saturated heterocycles. The highest BCUT2D eigenvalue weighted by Gasteiger charge is 2.10. The summed E-state index contributed by atoms with van der Waals surface area (Å²) in [6.07, 6.45) is 3.79. The van der Waals surface area contributed by atoms with Crippen molar-refractivity contribution in [3.8, 4) is 5.69 Å². The summed E-state index contributed by atoms with van der Waals surface area (Å²) in [6, 6.07) is 10.3. The molecule has 3 aromatic rings. The van der Waals surface area contributed by atoms with Crippen LogP contribution in [0.5, 0.6) is 0 Å². The van der Waals surface area contributed by atoms with Crippen LogP contribution in [0.1, 0.15) is 16.1 Å². The van der Waals surface area contributed by atoms with Crippen molar-refractivity contribution in [2.45, 2.75) is 20.0 Å². The van der Waals surface area contributed by atoms with Crippen LogP contribution in [0.15, 0.2) is 48.2 Å². The van der Waals surface area contributed by atoms with Gasteiger partial charge in [-0.1, -0.05) is 18.2 Å². The van der Waals surface area contributed by atoms with Gasteiger partial charge < -0.3 is 0 Å². The van der Waals surface area contributed by atoms with Gasteiger partial charge in [-0.3, -0.25) is 4.90 Å². The van der Waals surface area contributed by atoms with Gasteiger partial charge in [-0.2, -0.15) is 5.10 Å². The lowest BCUT2D eigenvalue weighted by Crippen LogP contribution is -2.18. The Kier molecular flexibility index (Phi) is 4.13. The van der Waals surface area contributed by atoms with Crippen LogP contribution in [0.4, 0.5) is 0 Å². The molecule has 0 saturated carbocycles. The Morgan fingerprint density at radius 3 is 2.76 bits per heavy atom. The van der Waals surface area contributed by atoms with E-state index in [2.05, 4.69) is 47.2 Å². The standard InChI is InChI=1S/C16H18N4S/c1-13-16(21-12-17-13)11-19(2)10-14-6-3-4-7-15(14)20-9-5-8-18-20/h3-9,12H,10-11H2,1-2H3. The summed E-state index contributed by atoms with van der Waals surface area (Å²) in [7, 11) is 2.14. The monoisotopic (exact) mass is 298 g/mol. The zero-order chi connectivity index (χ0) is 14.7. The van der Waals surface area contributed by atoms with Crippen molar-refractivity contribution < 1.29 is 0 Å². The Hall–Kier alpha value is -1.98. The topological polar surface area (TPSA) is 34.0 Å². The van der Waals surface area contributed by atoms with E-state index < -0.39 is 0 Å². The Balaban J connectivity index is 1.77. The fourth-order valence-corrected chi connectivity index (χ4v) is 3.21. The van der Waals surface area contributed by atoms with Gasteiger partial charge in [0.25, 0.3) is 0 Å². The SMILES string of the molecule is Cc1ncsc1CN(C)Cc1ccccc1-n1cccn1. The van der Waals surface area contributed by atoms with Crippen LogP contribution in [0.25, 0.3) is 5.69 Å². The van der Waals surface area contributed by atoms with Gasteiger partial charge in [0.15, 0.2) is 0 Å². The highest BCUT2D eigenvalue weighted by molar-refractivity contribution is 7.09. The third kappa shape index (κ3) is 3.20. The molecule has 2 aromatic heterocycles. The van der Waals surface area contributed by atoms with Crippen LogP contribution < -0.4 is 0 Å². The molecule has 0 N–H and O–H groups in total. The van der Waals surface area contributed by atoms with E-state index in [9.17, 15) is 0 Å². The lowest BCUT2D eigenvalue weighted by atomic mass is 10.1. The zero-order valence-electron chi connectivity index (χ0n) is 12.2. The summed E-state index contributed by atoms with van der Waals surface area (Å²) in [5.41, 5.74) is 5.45. The van der Waals surface area contributed by atoms with E-state index in [0.29, 0.717) is 0 Å². The normalized spacial score (nSPS) is 11.2. The van der Waals surface area contributed by atoms with Gasteiger partial charge in [-0.05, 0) is 31.7 Å². The van der Waals surface area contributed by atoms with E-state index in [0.717, 1.165) is 24.5 Å². The van der Waals surface area contributed by atoms with Crippen LogP contribution in [0, 0.1) is 6.92 Å². The molecule has 108 valence electrons. The average molecular weight is 298 g/mol. The first-order valence-electron chi connectivity index (χ1n) is 6.89. The fraction of sp³-hybridized carbons (Fsp3) is 0.250. The second-order valence-corrected chi connectivity index (χ2v) is 6.05. The average Bonchev–Trinajstić information content (AvgIpc) is 3.12. The quantitative estimate of drug-likeness (QED) is 0.725. The molecule has 0 unspecified atom stereocenters. The molecule has 0 aliphatic heterocycles. The molecule has 0 fully saturated rings. The maximum Gasteiger partial charge on any atom is 0.0798 e. The number of hydrogen-bond acceptors (Lipinski definition) is 4. The van der Waals surface area contributed by atoms with E-state index in [-0.39, 0.29) is 0 Å². The van der Waals surface area contributed by atoms with E-state index in [4.69, 9.17) is 0 Å². The summed E-state index contributed by atoms with van der Waals surface area (Å²) in [5.74, 6) is 0. The summed E-state index contributed by atoms with van der Waals surface area (Å²) in [4.78, 5) is 7.95. The van der Waals surface area contributed by atoms with Crippen molar-refractivity contribution in [2.75, 3.05) is 7.05 Å². The minimum Gasteiger partial charge on any atom is -0.297 e. The largest absolute Gasteiger partial charge is 0.297 e. The van der Waals surface area contributed by atoms with Crippen molar-refractivity contribution in [3.63, 3.8) is 0 Å². The number of aromatic nitrogens is 3. The lowest BCUT2D eigenvalue weighted by Gasteiger charge is -2.18. The van der Waals surface area contributed by atoms with Crippen LogP contribution in [-0.2, 0) is 13.1 Å². The molecule has 0 atom stereocenters. The number of para-hydroxylation sites is 1. The molecular weight excluding hydrogens is 280 g/mol. The maximum absolute atomic E-state index is 4.33. The predicted octanol–water partition coefficient (Wildman–Crippen LogP) is 3.27. The molecule has 0 spiro atoms. The minimum atomic E-state index is 0.882. The first kappa shape index (κ1) is 14.0. The van der Waals surface area contributed by atoms with Crippen molar-refractivity contribution >= 4 is 11.3 Å². The van der Waals surface area contributed by atoms with E-state index in [1.54, 1.807) is 17.5 Å². The summed E-state index contributed by atoms with van der Waals surface area (Å²) in [5, 5.41) is 4.33. The highest BCUT2D eigenvalue weighted by atomic mass is 32.1. The van der Waals surface area contributed by atoms with Gasteiger partial charge in [0.2, 0.25) is 0 Å². The number of hydrogen-bond donors (Lipinski definition) is 0. The van der Waals surface area contributed by atoms with Crippen molar-refractivity contribution in [3.05, 3.63) is 64.4 Å². The Morgan fingerprint density at radius 1 is 1.19 bits per heavy atom. The molecule has 0 amide bonds. The molecule has 2 heterocycles. The highest BCUT2D eigenvalue weighted by Crippen LogP contribution is 2.18. The third-order valence-electron chi connectivity index (χ3n) is 3.44. The molecule has 3 rings (SSSR count). The van der Waals surface area contributed by atoms with Crippen LogP contribution in [0.3, 0.4) is 0 Å². The maximum atomic E-state index is 4.33. The zero-order valence-corrected chi connectivity index (χ0v) is 13.0. The van der Waals surface area contributed by atoms with E-state index in [1.807, 2.05) is 28.5 Å². The second-order valence-electron chi connectivity index (χ2n) is 5.11. The van der Waals surface area contributed by atoms with Crippen molar-refractivity contribution in [1.29, 1.82) is 0 Å². The number of benzene rings is 1. The predicted molar refractivity (Wildman–Crippen MR) is 85.6 cm³/mol. The number of rotatable bonds is 5. The summed E-state index contributed by atoms with van der Waals surface area (Å²) < 4.78 is 1.92. The van der Waals surface area contributed by atoms with Crippen LogP contribution >= 0.6 is 11.3 Å². The number of thiazole rings is 1. The minimum absolute atomic E-state index is 0.882. The molecule has 21 heavy (non-hydrogen) atoms. The summed E-state index contributed by atoms with van der Waals surface area (Å²) >= 11 is 1.72. The first-order chi connectivity index (χ1) is 10.2. The van der Waals surface area contributed by atoms with E-state index >= 15 is 0 Å². The van der Waals surface area contributed by atoms with Gasteiger partial charge in [0.1, 0.15) is 0 Å². The molecule has 0 aliphatic rings. The van der Waals surface area contributed by atoms with Crippen LogP contribution in [0.2, 0.25) is 0 Å². The first-order valence-corrected chi connectivity index (χ1v) is 7.77. The third-order valence-corrected chi connectivity index (χ3v) is 4.36. The lowest BCUT2D eigenvalue weighted by molar-refractivity contribution is 0.320. The van der Waals surface area contributed by atoms with Crippen molar-refractivity contribution in [1.82, 2.24) is 19.7 Å². The molecule has 0 radical (unpaired) electrons. The van der Waals surface area contributed by atoms with Crippen molar-refractivity contribution in [2.24, 2.45) is 0 Å². The van der Waals surface area contributed by atoms with Gasteiger partial charge in [0, 0.05) is 30.4 Å². The van der Waals surface area contributed by atoms with Gasteiger partial charge in [-0.15, -0.1) is 11.3 Å². The fourth-order valence-electron chi connectivity index (χ4n) is 2.35. The molecular formula is C16H18N4S. The smallest absolute Gasteiger partial charge is 0.0798 e. The Morgan fingerprint density at radius 2 is 2.05 bits per heavy atom. The molecule has 0 aliphatic carbocycles. The van der Waals surface area contributed by atoms with Crippen LogP contribution in [-0.4, -0.2) is 26.7 Å². The van der Waals surface area contributed by atoms with E-state index in [1.165, 1.54) is 10.4 Å². The molecule has 5 heteroatoms. The van der Waals surface area contributed by atoms with Gasteiger partial charge in [-0.25, -0.2) is 9.67 Å². The molecule has 1 aromatic carbocycles. The molecule has 4 nitrogen and oxygen atoms in total. The van der Waals surface area contributed by atoms with Gasteiger partial charge >= 0.3 is 0 Å². The Labute approximate surface area is 128 Å².